The van der Waals surface area contributed by atoms with Gasteiger partial charge in [-0.2, -0.15) is 0 Å². The van der Waals surface area contributed by atoms with E-state index < -0.39 is 0 Å². The monoisotopic (exact) mass is 198 g/mol. The molecular weight excluding hydrogens is 176 g/mol. The highest BCUT2D eigenvalue weighted by Gasteiger charge is 2.26. The molecule has 3 heteroatoms. The summed E-state index contributed by atoms with van der Waals surface area (Å²) < 4.78 is 5.57. The third kappa shape index (κ3) is 2.47. The first-order valence-electron chi connectivity index (χ1n) is 5.92. The van der Waals surface area contributed by atoms with Crippen molar-refractivity contribution in [3.63, 3.8) is 0 Å². The van der Waals surface area contributed by atoms with Crippen LogP contribution in [-0.2, 0) is 4.74 Å². The SMILES string of the molecule is CC1COCCCN1C1CCCNC1. The van der Waals surface area contributed by atoms with E-state index in [2.05, 4.69) is 17.1 Å². The summed E-state index contributed by atoms with van der Waals surface area (Å²) in [6.45, 7) is 7.74. The molecule has 0 amide bonds. The first-order chi connectivity index (χ1) is 6.88. The Hall–Kier alpha value is -0.120. The largest absolute Gasteiger partial charge is 0.380 e. The van der Waals surface area contributed by atoms with E-state index in [4.69, 9.17) is 4.74 Å². The zero-order valence-corrected chi connectivity index (χ0v) is 9.17. The number of rotatable bonds is 1. The first kappa shape index (κ1) is 10.4. The predicted octanol–water partition coefficient (Wildman–Crippen LogP) is 0.849. The quantitative estimate of drug-likeness (QED) is 0.676. The standard InChI is InChI=1S/C11H22N2O/c1-10-9-14-7-3-6-13(10)11-4-2-5-12-8-11/h10-12H,2-9H2,1H3. The van der Waals surface area contributed by atoms with E-state index in [9.17, 15) is 0 Å². The lowest BCUT2D eigenvalue weighted by Gasteiger charge is -2.37. The maximum absolute atomic E-state index is 5.57. The maximum atomic E-state index is 5.57. The van der Waals surface area contributed by atoms with E-state index in [1.165, 1.54) is 38.9 Å². The van der Waals surface area contributed by atoms with Gasteiger partial charge in [0.05, 0.1) is 6.61 Å². The van der Waals surface area contributed by atoms with Crippen LogP contribution >= 0.6 is 0 Å². The van der Waals surface area contributed by atoms with Crippen LogP contribution in [0.2, 0.25) is 0 Å². The Kier molecular flexibility index (Phi) is 3.79. The van der Waals surface area contributed by atoms with Gasteiger partial charge in [-0.3, -0.25) is 4.90 Å². The van der Waals surface area contributed by atoms with Gasteiger partial charge in [0.15, 0.2) is 0 Å². The fourth-order valence-electron chi connectivity index (χ4n) is 2.58. The van der Waals surface area contributed by atoms with Crippen molar-refractivity contribution in [2.75, 3.05) is 32.8 Å². The summed E-state index contributed by atoms with van der Waals surface area (Å²) in [6, 6.07) is 1.35. The van der Waals surface area contributed by atoms with Gasteiger partial charge in [0.2, 0.25) is 0 Å². The molecule has 2 aliphatic heterocycles. The minimum absolute atomic E-state index is 0.599. The molecule has 0 aromatic carbocycles. The summed E-state index contributed by atoms with van der Waals surface area (Å²) in [5.74, 6) is 0. The Labute approximate surface area is 86.8 Å². The van der Waals surface area contributed by atoms with Crippen LogP contribution in [0.4, 0.5) is 0 Å². The first-order valence-corrected chi connectivity index (χ1v) is 5.92. The number of hydrogen-bond acceptors (Lipinski definition) is 3. The molecule has 0 aliphatic carbocycles. The van der Waals surface area contributed by atoms with Gasteiger partial charge in [-0.25, -0.2) is 0 Å². The van der Waals surface area contributed by atoms with Gasteiger partial charge in [-0.1, -0.05) is 0 Å². The molecule has 0 bridgehead atoms. The molecule has 2 aliphatic rings. The van der Waals surface area contributed by atoms with E-state index >= 15 is 0 Å². The van der Waals surface area contributed by atoms with Crippen molar-refractivity contribution in [1.82, 2.24) is 10.2 Å². The lowest BCUT2D eigenvalue weighted by atomic mass is 10.0. The highest BCUT2D eigenvalue weighted by molar-refractivity contribution is 4.82. The van der Waals surface area contributed by atoms with Crippen molar-refractivity contribution in [2.45, 2.75) is 38.3 Å². The molecule has 2 saturated heterocycles. The molecule has 14 heavy (non-hydrogen) atoms. The molecule has 0 saturated carbocycles. The summed E-state index contributed by atoms with van der Waals surface area (Å²) in [7, 11) is 0. The van der Waals surface area contributed by atoms with Crippen LogP contribution in [0.1, 0.15) is 26.2 Å². The molecule has 82 valence electrons. The summed E-state index contributed by atoms with van der Waals surface area (Å²) in [5.41, 5.74) is 0. The minimum atomic E-state index is 0.599. The Balaban J connectivity index is 1.91. The Bertz CT molecular complexity index is 169. The topological polar surface area (TPSA) is 24.5 Å². The summed E-state index contributed by atoms with van der Waals surface area (Å²) >= 11 is 0. The van der Waals surface area contributed by atoms with Crippen LogP contribution in [0.15, 0.2) is 0 Å². The molecule has 2 unspecified atom stereocenters. The van der Waals surface area contributed by atoms with Crippen LogP contribution in [-0.4, -0.2) is 49.8 Å². The Morgan fingerprint density at radius 3 is 3.07 bits per heavy atom. The predicted molar refractivity (Wildman–Crippen MR) is 57.5 cm³/mol. The third-order valence-corrected chi connectivity index (χ3v) is 3.37. The average Bonchev–Trinajstić information content (AvgIpc) is 2.44. The number of ether oxygens (including phenoxy) is 1. The molecule has 0 radical (unpaired) electrons. The molecule has 2 rings (SSSR count). The number of hydrogen-bond donors (Lipinski definition) is 1. The fraction of sp³-hybridized carbons (Fsp3) is 1.00. The van der Waals surface area contributed by atoms with Gasteiger partial charge in [-0.15, -0.1) is 0 Å². The molecule has 0 aromatic rings. The van der Waals surface area contributed by atoms with Crippen LogP contribution in [0.25, 0.3) is 0 Å². The molecule has 1 N–H and O–H groups in total. The molecule has 0 aromatic heterocycles. The summed E-state index contributed by atoms with van der Waals surface area (Å²) in [4.78, 5) is 2.64. The smallest absolute Gasteiger partial charge is 0.0619 e. The van der Waals surface area contributed by atoms with E-state index in [-0.39, 0.29) is 0 Å². The second-order valence-electron chi connectivity index (χ2n) is 4.52. The van der Waals surface area contributed by atoms with E-state index in [1.807, 2.05) is 0 Å². The van der Waals surface area contributed by atoms with Crippen LogP contribution in [0, 0.1) is 0 Å². The zero-order chi connectivity index (χ0) is 9.80. The van der Waals surface area contributed by atoms with Gasteiger partial charge in [0.25, 0.3) is 0 Å². The molecular formula is C11H22N2O. The van der Waals surface area contributed by atoms with E-state index in [1.54, 1.807) is 0 Å². The van der Waals surface area contributed by atoms with Crippen molar-refractivity contribution in [2.24, 2.45) is 0 Å². The minimum Gasteiger partial charge on any atom is -0.380 e. The van der Waals surface area contributed by atoms with Gasteiger partial charge >= 0.3 is 0 Å². The average molecular weight is 198 g/mol. The number of nitrogens with zero attached hydrogens (tertiary/aromatic N) is 1. The number of piperidine rings is 1. The van der Waals surface area contributed by atoms with Crippen molar-refractivity contribution in [3.05, 3.63) is 0 Å². The maximum Gasteiger partial charge on any atom is 0.0619 e. The third-order valence-electron chi connectivity index (χ3n) is 3.37. The molecule has 2 atom stereocenters. The van der Waals surface area contributed by atoms with E-state index in [0.29, 0.717) is 6.04 Å². The highest BCUT2D eigenvalue weighted by atomic mass is 16.5. The van der Waals surface area contributed by atoms with Gasteiger partial charge in [-0.05, 0) is 32.7 Å². The van der Waals surface area contributed by atoms with Crippen molar-refractivity contribution in [3.8, 4) is 0 Å². The Morgan fingerprint density at radius 1 is 1.36 bits per heavy atom. The summed E-state index contributed by atoms with van der Waals surface area (Å²) in [6.07, 6.45) is 3.88. The molecule has 0 spiro atoms. The lowest BCUT2D eigenvalue weighted by Crippen LogP contribution is -2.50. The van der Waals surface area contributed by atoms with E-state index in [0.717, 1.165) is 19.3 Å². The Morgan fingerprint density at radius 2 is 2.29 bits per heavy atom. The van der Waals surface area contributed by atoms with Crippen molar-refractivity contribution in [1.29, 1.82) is 0 Å². The highest BCUT2D eigenvalue weighted by Crippen LogP contribution is 2.16. The molecule has 2 fully saturated rings. The van der Waals surface area contributed by atoms with Crippen molar-refractivity contribution < 1.29 is 4.74 Å². The fourth-order valence-corrected chi connectivity index (χ4v) is 2.58. The summed E-state index contributed by atoms with van der Waals surface area (Å²) in [5, 5.41) is 3.49. The number of nitrogens with one attached hydrogen (secondary N) is 1. The van der Waals surface area contributed by atoms with Crippen LogP contribution in [0.5, 0.6) is 0 Å². The molecule has 3 nitrogen and oxygen atoms in total. The van der Waals surface area contributed by atoms with Gasteiger partial charge in [0.1, 0.15) is 0 Å². The zero-order valence-electron chi connectivity index (χ0n) is 9.17. The van der Waals surface area contributed by atoms with Crippen molar-refractivity contribution >= 4 is 0 Å². The lowest BCUT2D eigenvalue weighted by molar-refractivity contribution is 0.0798. The van der Waals surface area contributed by atoms with Crippen LogP contribution < -0.4 is 5.32 Å². The van der Waals surface area contributed by atoms with Gasteiger partial charge in [0, 0.05) is 31.8 Å². The van der Waals surface area contributed by atoms with Crippen LogP contribution in [0.3, 0.4) is 0 Å². The second-order valence-corrected chi connectivity index (χ2v) is 4.52. The second kappa shape index (κ2) is 5.10. The molecule has 2 heterocycles. The van der Waals surface area contributed by atoms with Gasteiger partial charge < -0.3 is 10.1 Å². The normalized spacial score (nSPS) is 36.6.